The molecule has 0 bridgehead atoms. The SMILES string of the molecule is C[C@@H](NC(=O)c1ccccc1)C(C)(C)C=O. The minimum absolute atomic E-state index is 0.150. The van der Waals surface area contributed by atoms with E-state index in [0.717, 1.165) is 6.29 Å². The van der Waals surface area contributed by atoms with Crippen molar-refractivity contribution < 1.29 is 9.59 Å². The predicted molar refractivity (Wildman–Crippen MR) is 63.2 cm³/mol. The highest BCUT2D eigenvalue weighted by molar-refractivity contribution is 5.94. The van der Waals surface area contributed by atoms with Crippen molar-refractivity contribution >= 4 is 12.2 Å². The number of benzene rings is 1. The van der Waals surface area contributed by atoms with Crippen LogP contribution in [-0.2, 0) is 4.79 Å². The Hall–Kier alpha value is -1.64. The van der Waals surface area contributed by atoms with Gasteiger partial charge in [-0.2, -0.15) is 0 Å². The molecule has 1 N–H and O–H groups in total. The van der Waals surface area contributed by atoms with Crippen LogP contribution in [0, 0.1) is 5.41 Å². The Balaban J connectivity index is 2.69. The van der Waals surface area contributed by atoms with E-state index in [9.17, 15) is 9.59 Å². The molecule has 0 aliphatic rings. The van der Waals surface area contributed by atoms with E-state index >= 15 is 0 Å². The molecular weight excluding hydrogens is 202 g/mol. The third-order valence-corrected chi connectivity index (χ3v) is 2.80. The van der Waals surface area contributed by atoms with Crippen LogP contribution in [0.2, 0.25) is 0 Å². The van der Waals surface area contributed by atoms with Gasteiger partial charge in [0.25, 0.3) is 5.91 Å². The lowest BCUT2D eigenvalue weighted by molar-refractivity contribution is -0.115. The zero-order valence-corrected chi connectivity index (χ0v) is 9.86. The summed E-state index contributed by atoms with van der Waals surface area (Å²) < 4.78 is 0. The molecule has 3 heteroatoms. The van der Waals surface area contributed by atoms with Crippen LogP contribution < -0.4 is 5.32 Å². The van der Waals surface area contributed by atoms with Crippen molar-refractivity contribution in [3.05, 3.63) is 35.9 Å². The van der Waals surface area contributed by atoms with E-state index in [1.807, 2.05) is 25.1 Å². The first kappa shape index (κ1) is 12.4. The Bertz CT molecular complexity index is 371. The zero-order chi connectivity index (χ0) is 12.2. The number of carbonyl (C=O) groups excluding carboxylic acids is 2. The number of amides is 1. The molecule has 16 heavy (non-hydrogen) atoms. The third-order valence-electron chi connectivity index (χ3n) is 2.80. The van der Waals surface area contributed by atoms with Gasteiger partial charge >= 0.3 is 0 Å². The first-order chi connectivity index (χ1) is 7.47. The lowest BCUT2D eigenvalue weighted by Crippen LogP contribution is -2.43. The van der Waals surface area contributed by atoms with E-state index < -0.39 is 5.41 Å². The smallest absolute Gasteiger partial charge is 0.251 e. The monoisotopic (exact) mass is 219 g/mol. The van der Waals surface area contributed by atoms with Gasteiger partial charge < -0.3 is 10.1 Å². The van der Waals surface area contributed by atoms with Crippen LogP contribution in [0.25, 0.3) is 0 Å². The second-order valence-corrected chi connectivity index (χ2v) is 4.50. The fourth-order valence-corrected chi connectivity index (χ4v) is 1.16. The normalized spacial score (nSPS) is 12.9. The Morgan fingerprint density at radius 3 is 2.38 bits per heavy atom. The van der Waals surface area contributed by atoms with E-state index in [0.29, 0.717) is 5.56 Å². The summed E-state index contributed by atoms with van der Waals surface area (Å²) in [5.74, 6) is -0.150. The van der Waals surface area contributed by atoms with E-state index in [1.165, 1.54) is 0 Å². The highest BCUT2D eigenvalue weighted by atomic mass is 16.1. The van der Waals surface area contributed by atoms with E-state index in [-0.39, 0.29) is 11.9 Å². The van der Waals surface area contributed by atoms with Crippen molar-refractivity contribution in [2.75, 3.05) is 0 Å². The van der Waals surface area contributed by atoms with Gasteiger partial charge in [0.05, 0.1) is 0 Å². The summed E-state index contributed by atoms with van der Waals surface area (Å²) >= 11 is 0. The van der Waals surface area contributed by atoms with E-state index in [4.69, 9.17) is 0 Å². The molecule has 0 saturated heterocycles. The first-order valence-electron chi connectivity index (χ1n) is 5.29. The Morgan fingerprint density at radius 2 is 1.88 bits per heavy atom. The van der Waals surface area contributed by atoms with Crippen molar-refractivity contribution in [3.8, 4) is 0 Å². The van der Waals surface area contributed by atoms with Crippen molar-refractivity contribution in [2.24, 2.45) is 5.41 Å². The van der Waals surface area contributed by atoms with Gasteiger partial charge in [0.2, 0.25) is 0 Å². The Kier molecular flexibility index (Phi) is 3.82. The maximum Gasteiger partial charge on any atom is 0.251 e. The molecule has 3 nitrogen and oxygen atoms in total. The Labute approximate surface area is 95.9 Å². The highest BCUT2D eigenvalue weighted by Gasteiger charge is 2.26. The standard InChI is InChI=1S/C13H17NO2/c1-10(13(2,3)9-15)14-12(16)11-7-5-4-6-8-11/h4-10H,1-3H3,(H,14,16)/t10-/m1/s1. The fourth-order valence-electron chi connectivity index (χ4n) is 1.16. The molecule has 1 rings (SSSR count). The van der Waals surface area contributed by atoms with Crippen LogP contribution in [0.4, 0.5) is 0 Å². The van der Waals surface area contributed by atoms with Gasteiger partial charge in [-0.25, -0.2) is 0 Å². The van der Waals surface area contributed by atoms with Crippen LogP contribution in [0.15, 0.2) is 30.3 Å². The van der Waals surface area contributed by atoms with Gasteiger partial charge in [-0.3, -0.25) is 4.79 Å². The number of hydrogen-bond acceptors (Lipinski definition) is 2. The molecule has 1 atom stereocenters. The topological polar surface area (TPSA) is 46.2 Å². The van der Waals surface area contributed by atoms with E-state index in [1.54, 1.807) is 26.0 Å². The summed E-state index contributed by atoms with van der Waals surface area (Å²) in [6, 6.07) is 8.77. The second kappa shape index (κ2) is 4.92. The number of carbonyl (C=O) groups is 2. The predicted octanol–water partition coefficient (Wildman–Crippen LogP) is 2.03. The van der Waals surface area contributed by atoms with Gasteiger partial charge in [0.15, 0.2) is 0 Å². The zero-order valence-electron chi connectivity index (χ0n) is 9.86. The van der Waals surface area contributed by atoms with Gasteiger partial charge in [0, 0.05) is 17.0 Å². The number of hydrogen-bond donors (Lipinski definition) is 1. The molecule has 0 aliphatic carbocycles. The van der Waals surface area contributed by atoms with Crippen LogP contribution in [0.5, 0.6) is 0 Å². The van der Waals surface area contributed by atoms with Crippen molar-refractivity contribution in [1.29, 1.82) is 0 Å². The van der Waals surface area contributed by atoms with Crippen LogP contribution in [0.3, 0.4) is 0 Å². The quantitative estimate of drug-likeness (QED) is 0.787. The molecule has 0 fully saturated rings. The molecule has 0 unspecified atom stereocenters. The number of aldehydes is 1. The molecule has 1 aromatic rings. The summed E-state index contributed by atoms with van der Waals surface area (Å²) in [5.41, 5.74) is 0.0563. The highest BCUT2D eigenvalue weighted by Crippen LogP contribution is 2.17. The average Bonchev–Trinajstić information content (AvgIpc) is 2.30. The Morgan fingerprint density at radius 1 is 1.31 bits per heavy atom. The summed E-state index contributed by atoms with van der Waals surface area (Å²) in [6.45, 7) is 5.43. The second-order valence-electron chi connectivity index (χ2n) is 4.50. The molecule has 0 aromatic heterocycles. The number of nitrogens with one attached hydrogen (secondary N) is 1. The van der Waals surface area contributed by atoms with Gasteiger partial charge in [-0.05, 0) is 19.1 Å². The largest absolute Gasteiger partial charge is 0.349 e. The molecular formula is C13H17NO2. The summed E-state index contributed by atoms with van der Waals surface area (Å²) in [6.07, 6.45) is 0.864. The molecule has 0 saturated carbocycles. The minimum atomic E-state index is -0.551. The molecule has 1 aromatic carbocycles. The summed E-state index contributed by atoms with van der Waals surface area (Å²) in [7, 11) is 0. The molecule has 0 radical (unpaired) electrons. The third kappa shape index (κ3) is 2.92. The van der Waals surface area contributed by atoms with Gasteiger partial charge in [-0.1, -0.05) is 32.0 Å². The van der Waals surface area contributed by atoms with Crippen molar-refractivity contribution in [1.82, 2.24) is 5.32 Å². The lowest BCUT2D eigenvalue weighted by Gasteiger charge is -2.26. The average molecular weight is 219 g/mol. The maximum atomic E-state index is 11.8. The van der Waals surface area contributed by atoms with Crippen molar-refractivity contribution in [3.63, 3.8) is 0 Å². The molecule has 1 amide bonds. The van der Waals surface area contributed by atoms with Crippen LogP contribution in [-0.4, -0.2) is 18.2 Å². The number of rotatable bonds is 4. The van der Waals surface area contributed by atoms with Crippen molar-refractivity contribution in [2.45, 2.75) is 26.8 Å². The minimum Gasteiger partial charge on any atom is -0.349 e. The van der Waals surface area contributed by atoms with Gasteiger partial charge in [-0.15, -0.1) is 0 Å². The van der Waals surface area contributed by atoms with Crippen LogP contribution >= 0.6 is 0 Å². The lowest BCUT2D eigenvalue weighted by atomic mass is 9.87. The van der Waals surface area contributed by atoms with Crippen LogP contribution in [0.1, 0.15) is 31.1 Å². The molecule has 0 spiro atoms. The molecule has 86 valence electrons. The maximum absolute atomic E-state index is 11.8. The first-order valence-corrected chi connectivity index (χ1v) is 5.29. The summed E-state index contributed by atoms with van der Waals surface area (Å²) in [4.78, 5) is 22.6. The summed E-state index contributed by atoms with van der Waals surface area (Å²) in [5, 5.41) is 2.82. The van der Waals surface area contributed by atoms with E-state index in [2.05, 4.69) is 5.32 Å². The van der Waals surface area contributed by atoms with Gasteiger partial charge in [0.1, 0.15) is 6.29 Å². The fraction of sp³-hybridized carbons (Fsp3) is 0.385. The molecule has 0 heterocycles. The molecule has 0 aliphatic heterocycles.